The number of nitrogens with zero attached hydrogens (tertiary/aromatic N) is 2. The molecule has 1 atom stereocenters. The molecule has 1 unspecified atom stereocenters. The summed E-state index contributed by atoms with van der Waals surface area (Å²) in [6.07, 6.45) is -0.754. The lowest BCUT2D eigenvalue weighted by Gasteiger charge is -2.12. The average Bonchev–Trinajstić information content (AvgIpc) is 2.56. The minimum absolute atomic E-state index is 0.101. The Kier molecular flexibility index (Phi) is 3.66. The molecule has 2 rings (SSSR count). The Morgan fingerprint density at radius 1 is 1.32 bits per heavy atom. The fraction of sp³-hybridized carbons (Fsp3) is 0.357. The number of hydrogen-bond donors (Lipinski definition) is 1. The maximum absolute atomic E-state index is 13.6. The van der Waals surface area contributed by atoms with Gasteiger partial charge in [0.25, 0.3) is 0 Å². The second-order valence-electron chi connectivity index (χ2n) is 4.66. The van der Waals surface area contributed by atoms with E-state index >= 15 is 0 Å². The second kappa shape index (κ2) is 5.09. The van der Waals surface area contributed by atoms with Crippen LogP contribution in [0.3, 0.4) is 0 Å². The maximum atomic E-state index is 13.6. The summed E-state index contributed by atoms with van der Waals surface area (Å²) in [6, 6.07) is 3.20. The average molecular weight is 266 g/mol. The van der Waals surface area contributed by atoms with Crippen molar-refractivity contribution in [3.63, 3.8) is 0 Å². The van der Waals surface area contributed by atoms with Crippen molar-refractivity contribution < 1.29 is 13.9 Å². The summed E-state index contributed by atoms with van der Waals surface area (Å²) < 4.78 is 28.1. The second-order valence-corrected chi connectivity index (χ2v) is 4.66. The molecule has 0 spiro atoms. The number of aliphatic hydroxyl groups is 1. The molecule has 5 heteroatoms. The molecule has 0 amide bonds. The molecule has 2 aromatic rings. The topological polar surface area (TPSA) is 38.0 Å². The van der Waals surface area contributed by atoms with Gasteiger partial charge >= 0.3 is 0 Å². The lowest BCUT2D eigenvalue weighted by molar-refractivity contribution is 0.173. The summed E-state index contributed by atoms with van der Waals surface area (Å²) in [4.78, 5) is 0. The van der Waals surface area contributed by atoms with Gasteiger partial charge in [0, 0.05) is 30.8 Å². The Morgan fingerprint density at radius 3 is 2.53 bits per heavy atom. The normalized spacial score (nSPS) is 12.7. The van der Waals surface area contributed by atoms with E-state index in [0.717, 1.165) is 29.1 Å². The number of aryl methyl sites for hydroxylation is 2. The highest BCUT2D eigenvalue weighted by molar-refractivity contribution is 5.28. The van der Waals surface area contributed by atoms with E-state index in [9.17, 15) is 13.9 Å². The zero-order chi connectivity index (χ0) is 14.2. The molecule has 0 fully saturated rings. The number of rotatable bonds is 3. The van der Waals surface area contributed by atoms with E-state index < -0.39 is 17.7 Å². The molecule has 0 saturated carbocycles. The fourth-order valence-corrected chi connectivity index (χ4v) is 2.19. The molecule has 0 aliphatic carbocycles. The standard InChI is InChI=1S/C14H16F2N2O/c1-8-12(9(2)18(3)17-8)7-14(19)11-5-4-10(15)6-13(11)16/h4-6,14,19H,7H2,1-3H3. The van der Waals surface area contributed by atoms with E-state index in [4.69, 9.17) is 0 Å². The fourth-order valence-electron chi connectivity index (χ4n) is 2.19. The van der Waals surface area contributed by atoms with Gasteiger partial charge in [0.2, 0.25) is 0 Å². The van der Waals surface area contributed by atoms with E-state index in [2.05, 4.69) is 5.10 Å². The largest absolute Gasteiger partial charge is 0.388 e. The Hall–Kier alpha value is -1.75. The van der Waals surface area contributed by atoms with Crippen molar-refractivity contribution in [1.29, 1.82) is 0 Å². The van der Waals surface area contributed by atoms with Gasteiger partial charge in [0.1, 0.15) is 11.6 Å². The van der Waals surface area contributed by atoms with Gasteiger partial charge in [0.05, 0.1) is 11.8 Å². The van der Waals surface area contributed by atoms with Crippen LogP contribution in [0.2, 0.25) is 0 Å². The van der Waals surface area contributed by atoms with Gasteiger partial charge in [-0.15, -0.1) is 0 Å². The van der Waals surface area contributed by atoms with E-state index in [-0.39, 0.29) is 12.0 Å². The third-order valence-electron chi connectivity index (χ3n) is 3.38. The van der Waals surface area contributed by atoms with Crippen LogP contribution >= 0.6 is 0 Å². The first-order chi connectivity index (χ1) is 8.90. The van der Waals surface area contributed by atoms with Gasteiger partial charge in [-0.25, -0.2) is 8.78 Å². The number of benzene rings is 1. The first-order valence-electron chi connectivity index (χ1n) is 6.02. The van der Waals surface area contributed by atoms with E-state index in [0.29, 0.717) is 0 Å². The maximum Gasteiger partial charge on any atom is 0.131 e. The van der Waals surface area contributed by atoms with Crippen LogP contribution in [0, 0.1) is 25.5 Å². The first kappa shape index (κ1) is 13.7. The highest BCUT2D eigenvalue weighted by atomic mass is 19.1. The van der Waals surface area contributed by atoms with Crippen LogP contribution < -0.4 is 0 Å². The molecule has 0 bridgehead atoms. The molecular weight excluding hydrogens is 250 g/mol. The van der Waals surface area contributed by atoms with Gasteiger partial charge < -0.3 is 5.11 Å². The van der Waals surface area contributed by atoms with Gasteiger partial charge in [-0.1, -0.05) is 6.07 Å². The third kappa shape index (κ3) is 2.66. The van der Waals surface area contributed by atoms with Crippen LogP contribution in [0.15, 0.2) is 18.2 Å². The van der Waals surface area contributed by atoms with E-state index in [1.54, 1.807) is 4.68 Å². The van der Waals surface area contributed by atoms with Gasteiger partial charge in [-0.3, -0.25) is 4.68 Å². The van der Waals surface area contributed by atoms with Crippen LogP contribution in [0.1, 0.15) is 28.6 Å². The van der Waals surface area contributed by atoms with Crippen LogP contribution in [-0.4, -0.2) is 14.9 Å². The lowest BCUT2D eigenvalue weighted by Crippen LogP contribution is -2.06. The molecule has 0 aliphatic rings. The number of aliphatic hydroxyl groups excluding tert-OH is 1. The minimum atomic E-state index is -1.01. The van der Waals surface area contributed by atoms with Gasteiger partial charge in [-0.05, 0) is 25.5 Å². The Morgan fingerprint density at radius 2 is 2.00 bits per heavy atom. The van der Waals surface area contributed by atoms with Crippen LogP contribution in [0.5, 0.6) is 0 Å². The predicted octanol–water partition coefficient (Wildman–Crippen LogP) is 2.59. The smallest absolute Gasteiger partial charge is 0.131 e. The molecule has 0 radical (unpaired) electrons. The molecule has 1 aromatic carbocycles. The quantitative estimate of drug-likeness (QED) is 0.927. The Bertz CT molecular complexity index is 608. The zero-order valence-corrected chi connectivity index (χ0v) is 11.1. The number of aromatic nitrogens is 2. The van der Waals surface area contributed by atoms with Crippen molar-refractivity contribution in [3.8, 4) is 0 Å². The molecule has 19 heavy (non-hydrogen) atoms. The summed E-state index contributed by atoms with van der Waals surface area (Å²) in [7, 11) is 1.82. The lowest BCUT2D eigenvalue weighted by atomic mass is 10.00. The highest BCUT2D eigenvalue weighted by Gasteiger charge is 2.18. The SMILES string of the molecule is Cc1nn(C)c(C)c1CC(O)c1ccc(F)cc1F. The van der Waals surface area contributed by atoms with Crippen LogP contribution in [0.25, 0.3) is 0 Å². The summed E-state index contributed by atoms with van der Waals surface area (Å²) in [5.74, 6) is -1.38. The zero-order valence-electron chi connectivity index (χ0n) is 11.1. The van der Waals surface area contributed by atoms with Crippen LogP contribution in [0.4, 0.5) is 8.78 Å². The Balaban J connectivity index is 2.28. The van der Waals surface area contributed by atoms with Gasteiger partial charge in [0.15, 0.2) is 0 Å². The van der Waals surface area contributed by atoms with Crippen molar-refractivity contribution >= 4 is 0 Å². The monoisotopic (exact) mass is 266 g/mol. The van der Waals surface area contributed by atoms with E-state index in [1.807, 2.05) is 20.9 Å². The number of hydrogen-bond acceptors (Lipinski definition) is 2. The van der Waals surface area contributed by atoms with Crippen LogP contribution in [-0.2, 0) is 13.5 Å². The molecule has 1 aromatic heterocycles. The van der Waals surface area contributed by atoms with Crippen molar-refractivity contribution in [2.45, 2.75) is 26.4 Å². The molecule has 3 nitrogen and oxygen atoms in total. The molecule has 1 N–H and O–H groups in total. The first-order valence-corrected chi connectivity index (χ1v) is 6.02. The van der Waals surface area contributed by atoms with E-state index in [1.165, 1.54) is 6.07 Å². The predicted molar refractivity (Wildman–Crippen MR) is 67.7 cm³/mol. The van der Waals surface area contributed by atoms with Crippen molar-refractivity contribution in [1.82, 2.24) is 9.78 Å². The van der Waals surface area contributed by atoms with Crippen molar-refractivity contribution in [3.05, 3.63) is 52.3 Å². The third-order valence-corrected chi connectivity index (χ3v) is 3.38. The van der Waals surface area contributed by atoms with Gasteiger partial charge in [-0.2, -0.15) is 5.10 Å². The molecule has 1 heterocycles. The number of halogens is 2. The Labute approximate surface area is 110 Å². The van der Waals surface area contributed by atoms with Crippen molar-refractivity contribution in [2.24, 2.45) is 7.05 Å². The van der Waals surface area contributed by atoms with Crippen molar-refractivity contribution in [2.75, 3.05) is 0 Å². The molecular formula is C14H16F2N2O. The highest BCUT2D eigenvalue weighted by Crippen LogP contribution is 2.24. The summed E-state index contributed by atoms with van der Waals surface area (Å²) in [6.45, 7) is 3.74. The molecule has 0 aliphatic heterocycles. The summed E-state index contributed by atoms with van der Waals surface area (Å²) >= 11 is 0. The summed E-state index contributed by atoms with van der Waals surface area (Å²) in [5, 5.41) is 14.4. The summed E-state index contributed by atoms with van der Waals surface area (Å²) in [5.41, 5.74) is 2.73. The molecule has 102 valence electrons. The minimum Gasteiger partial charge on any atom is -0.388 e. The molecule has 0 saturated heterocycles.